The highest BCUT2D eigenvalue weighted by atomic mass is 32.1. The molecule has 0 bridgehead atoms. The van der Waals surface area contributed by atoms with Crippen LogP contribution in [0.4, 0.5) is 5.13 Å². The first kappa shape index (κ1) is 21.6. The van der Waals surface area contributed by atoms with Crippen molar-refractivity contribution in [2.75, 3.05) is 11.9 Å². The molecule has 0 aliphatic heterocycles. The third-order valence-electron chi connectivity index (χ3n) is 4.33. The lowest BCUT2D eigenvalue weighted by atomic mass is 10.1. The molecule has 0 atom stereocenters. The van der Waals surface area contributed by atoms with Crippen molar-refractivity contribution >= 4 is 28.2 Å². The van der Waals surface area contributed by atoms with Crippen LogP contribution in [0.15, 0.2) is 48.7 Å². The molecule has 7 nitrogen and oxygen atoms in total. The normalized spacial score (nSPS) is 10.6. The molecule has 1 N–H and O–H groups in total. The van der Waals surface area contributed by atoms with Gasteiger partial charge in [-0.25, -0.2) is 0 Å². The van der Waals surface area contributed by atoms with Gasteiger partial charge in [-0.3, -0.25) is 14.6 Å². The minimum absolute atomic E-state index is 0.0760. The molecule has 3 rings (SSSR count). The summed E-state index contributed by atoms with van der Waals surface area (Å²) >= 11 is 1.24. The van der Waals surface area contributed by atoms with Gasteiger partial charge < -0.3 is 10.1 Å². The van der Waals surface area contributed by atoms with E-state index in [9.17, 15) is 9.59 Å². The molecule has 1 aromatic carbocycles. The monoisotopic (exact) mass is 424 g/mol. The predicted octanol–water partition coefficient (Wildman–Crippen LogP) is 4.77. The van der Waals surface area contributed by atoms with Crippen LogP contribution in [0.3, 0.4) is 0 Å². The summed E-state index contributed by atoms with van der Waals surface area (Å²) in [4.78, 5) is 28.7. The maximum Gasteiger partial charge on any atom is 0.226 e. The van der Waals surface area contributed by atoms with E-state index in [1.165, 1.54) is 11.3 Å². The predicted molar refractivity (Wildman–Crippen MR) is 117 cm³/mol. The van der Waals surface area contributed by atoms with Crippen molar-refractivity contribution in [1.82, 2.24) is 15.2 Å². The van der Waals surface area contributed by atoms with Gasteiger partial charge in [-0.05, 0) is 42.8 Å². The molecule has 0 fully saturated rings. The van der Waals surface area contributed by atoms with Crippen LogP contribution >= 0.6 is 11.3 Å². The highest BCUT2D eigenvalue weighted by Gasteiger charge is 2.13. The molecular weight excluding hydrogens is 400 g/mol. The zero-order chi connectivity index (χ0) is 21.2. The third-order valence-corrected chi connectivity index (χ3v) is 5.19. The van der Waals surface area contributed by atoms with Gasteiger partial charge in [0.1, 0.15) is 11.4 Å². The highest BCUT2D eigenvalue weighted by Crippen LogP contribution is 2.24. The molecule has 2 heterocycles. The van der Waals surface area contributed by atoms with E-state index in [4.69, 9.17) is 4.74 Å². The van der Waals surface area contributed by atoms with Crippen molar-refractivity contribution in [2.45, 2.75) is 39.0 Å². The molecule has 0 unspecified atom stereocenters. The number of rotatable bonds is 11. The van der Waals surface area contributed by atoms with Gasteiger partial charge in [0.25, 0.3) is 0 Å². The average molecular weight is 425 g/mol. The van der Waals surface area contributed by atoms with Gasteiger partial charge in [0, 0.05) is 24.6 Å². The summed E-state index contributed by atoms with van der Waals surface area (Å²) in [6, 6.07) is 12.6. The molecule has 3 aromatic rings. The highest BCUT2D eigenvalue weighted by molar-refractivity contribution is 7.18. The molecule has 0 spiro atoms. The Hall–Kier alpha value is -3.13. The fraction of sp³-hybridized carbons (Fsp3) is 0.318. The Morgan fingerprint density at radius 3 is 2.60 bits per heavy atom. The van der Waals surface area contributed by atoms with Crippen LogP contribution in [-0.2, 0) is 4.79 Å². The summed E-state index contributed by atoms with van der Waals surface area (Å²) in [5.74, 6) is 0.387. The molecular formula is C22H24N4O3S. The fourth-order valence-electron chi connectivity index (χ4n) is 2.70. The van der Waals surface area contributed by atoms with Crippen molar-refractivity contribution in [3.05, 3.63) is 54.2 Å². The van der Waals surface area contributed by atoms with E-state index in [0.29, 0.717) is 28.0 Å². The second kappa shape index (κ2) is 11.2. The van der Waals surface area contributed by atoms with E-state index in [1.54, 1.807) is 30.5 Å². The van der Waals surface area contributed by atoms with Gasteiger partial charge in [-0.15, -0.1) is 10.2 Å². The van der Waals surface area contributed by atoms with Crippen LogP contribution in [0, 0.1) is 0 Å². The van der Waals surface area contributed by atoms with Crippen LogP contribution in [-0.4, -0.2) is 33.5 Å². The standard InChI is InChI=1S/C22H24N4O3S/c1-2-3-6-15-29-17-10-8-16(9-11-17)19(27)12-13-20(28)24-22-26-25-21(30-22)18-7-4-5-14-23-18/h4-5,7-11,14H,2-3,6,12-13,15H2,1H3,(H,24,26,28). The number of hydrogen-bond donors (Lipinski definition) is 1. The van der Waals surface area contributed by atoms with Crippen molar-refractivity contribution in [2.24, 2.45) is 0 Å². The van der Waals surface area contributed by atoms with Gasteiger partial charge in [0.05, 0.1) is 6.61 Å². The number of ether oxygens (including phenoxy) is 1. The molecule has 30 heavy (non-hydrogen) atoms. The number of aromatic nitrogens is 3. The van der Waals surface area contributed by atoms with Crippen molar-refractivity contribution in [3.63, 3.8) is 0 Å². The fourth-order valence-corrected chi connectivity index (χ4v) is 3.44. The second-order valence-electron chi connectivity index (χ2n) is 6.68. The van der Waals surface area contributed by atoms with Gasteiger partial charge in [0.15, 0.2) is 10.8 Å². The largest absolute Gasteiger partial charge is 0.494 e. The average Bonchev–Trinajstić information content (AvgIpc) is 3.24. The summed E-state index contributed by atoms with van der Waals surface area (Å²) in [6.45, 7) is 2.82. The van der Waals surface area contributed by atoms with E-state index in [-0.39, 0.29) is 24.5 Å². The summed E-state index contributed by atoms with van der Waals surface area (Å²) in [6.07, 6.45) is 5.17. The molecule has 1 amide bonds. The lowest BCUT2D eigenvalue weighted by molar-refractivity contribution is -0.116. The Morgan fingerprint density at radius 2 is 1.87 bits per heavy atom. The van der Waals surface area contributed by atoms with Crippen LogP contribution in [0.5, 0.6) is 5.75 Å². The Balaban J connectivity index is 1.44. The van der Waals surface area contributed by atoms with Crippen molar-refractivity contribution in [3.8, 4) is 16.5 Å². The number of anilines is 1. The maximum absolute atomic E-state index is 12.3. The number of nitrogens with one attached hydrogen (secondary N) is 1. The van der Waals surface area contributed by atoms with E-state index < -0.39 is 0 Å². The topological polar surface area (TPSA) is 94.1 Å². The minimum Gasteiger partial charge on any atom is -0.494 e. The zero-order valence-electron chi connectivity index (χ0n) is 16.8. The maximum atomic E-state index is 12.3. The molecule has 156 valence electrons. The Bertz CT molecular complexity index is 958. The molecule has 0 radical (unpaired) electrons. The first-order valence-electron chi connectivity index (χ1n) is 9.96. The molecule has 0 aliphatic carbocycles. The Labute approximate surface area is 179 Å². The number of benzene rings is 1. The van der Waals surface area contributed by atoms with E-state index in [1.807, 2.05) is 18.2 Å². The zero-order valence-corrected chi connectivity index (χ0v) is 17.7. The number of pyridine rings is 1. The number of nitrogens with zero attached hydrogens (tertiary/aromatic N) is 3. The Kier molecular flexibility index (Phi) is 8.02. The van der Waals surface area contributed by atoms with Crippen LogP contribution in [0.1, 0.15) is 49.4 Å². The molecule has 0 aliphatic rings. The summed E-state index contributed by atoms with van der Waals surface area (Å²) in [5, 5.41) is 11.7. The van der Waals surface area contributed by atoms with E-state index in [0.717, 1.165) is 25.0 Å². The van der Waals surface area contributed by atoms with Crippen LogP contribution < -0.4 is 10.1 Å². The number of Topliss-reactive ketones (excluding diaryl/α,β-unsaturated/α-hetero) is 1. The lowest BCUT2D eigenvalue weighted by Crippen LogP contribution is -2.13. The van der Waals surface area contributed by atoms with Gasteiger partial charge >= 0.3 is 0 Å². The number of carbonyl (C=O) groups excluding carboxylic acids is 2. The smallest absolute Gasteiger partial charge is 0.226 e. The van der Waals surface area contributed by atoms with E-state index >= 15 is 0 Å². The van der Waals surface area contributed by atoms with Crippen molar-refractivity contribution < 1.29 is 14.3 Å². The van der Waals surface area contributed by atoms with E-state index in [2.05, 4.69) is 27.4 Å². The van der Waals surface area contributed by atoms with Gasteiger partial charge in [0.2, 0.25) is 11.0 Å². The SMILES string of the molecule is CCCCCOc1ccc(C(=O)CCC(=O)Nc2nnc(-c3ccccn3)s2)cc1. The van der Waals surface area contributed by atoms with Crippen molar-refractivity contribution in [1.29, 1.82) is 0 Å². The number of amides is 1. The molecule has 2 aromatic heterocycles. The Morgan fingerprint density at radius 1 is 1.03 bits per heavy atom. The molecule has 0 saturated heterocycles. The number of hydrogen-bond acceptors (Lipinski definition) is 7. The minimum atomic E-state index is -0.275. The van der Waals surface area contributed by atoms with Crippen LogP contribution in [0.25, 0.3) is 10.7 Å². The summed E-state index contributed by atoms with van der Waals surface area (Å²) in [5.41, 5.74) is 1.26. The second-order valence-corrected chi connectivity index (χ2v) is 7.66. The summed E-state index contributed by atoms with van der Waals surface area (Å²) < 4.78 is 5.65. The molecule has 0 saturated carbocycles. The van der Waals surface area contributed by atoms with Gasteiger partial charge in [-0.2, -0.15) is 0 Å². The summed E-state index contributed by atoms with van der Waals surface area (Å²) in [7, 11) is 0. The van der Waals surface area contributed by atoms with Crippen LogP contribution in [0.2, 0.25) is 0 Å². The molecule has 8 heteroatoms. The quantitative estimate of drug-likeness (QED) is 0.352. The number of carbonyl (C=O) groups is 2. The number of unbranched alkanes of at least 4 members (excludes halogenated alkanes) is 2. The lowest BCUT2D eigenvalue weighted by Gasteiger charge is -2.06. The van der Waals surface area contributed by atoms with Gasteiger partial charge in [-0.1, -0.05) is 37.2 Å². The first-order chi connectivity index (χ1) is 14.7. The first-order valence-corrected chi connectivity index (χ1v) is 10.8. The third kappa shape index (κ3) is 6.45. The number of ketones is 1.